The zero-order valence-electron chi connectivity index (χ0n) is 14.3. The summed E-state index contributed by atoms with van der Waals surface area (Å²) >= 11 is 0. The zero-order valence-corrected chi connectivity index (χ0v) is 14.3. The van der Waals surface area contributed by atoms with Crippen molar-refractivity contribution < 1.29 is 14.6 Å². The number of nitrogens with two attached hydrogens (primary N) is 1. The highest BCUT2D eigenvalue weighted by Gasteiger charge is 2.29. The summed E-state index contributed by atoms with van der Waals surface area (Å²) < 4.78 is 7.26. The second-order valence-electron chi connectivity index (χ2n) is 6.27. The summed E-state index contributed by atoms with van der Waals surface area (Å²) in [7, 11) is 0. The Balaban J connectivity index is 1.85. The molecule has 0 aromatic carbocycles. The Labute approximate surface area is 146 Å². The van der Waals surface area contributed by atoms with E-state index < -0.39 is 5.91 Å². The van der Waals surface area contributed by atoms with Gasteiger partial charge in [0.15, 0.2) is 0 Å². The number of hydrogen-bond donors (Lipinski definition) is 2. The van der Waals surface area contributed by atoms with Crippen LogP contribution in [0.3, 0.4) is 0 Å². The van der Waals surface area contributed by atoms with Crippen molar-refractivity contribution in [3.63, 3.8) is 0 Å². The maximum Gasteiger partial charge on any atom is 0.267 e. The zero-order chi connectivity index (χ0) is 17.8. The molecule has 0 saturated heterocycles. The van der Waals surface area contributed by atoms with E-state index in [1.54, 1.807) is 23.3 Å². The third-order valence-corrected chi connectivity index (χ3v) is 4.62. The quantitative estimate of drug-likeness (QED) is 0.810. The van der Waals surface area contributed by atoms with Gasteiger partial charge in [0.05, 0.1) is 19.3 Å². The molecule has 3 N–H and O–H groups in total. The normalized spacial score (nSPS) is 20.6. The Morgan fingerprint density at radius 2 is 2.12 bits per heavy atom. The molecule has 2 heterocycles. The molecule has 0 unspecified atom stereocenters. The van der Waals surface area contributed by atoms with Crippen LogP contribution in [0.25, 0.3) is 5.95 Å². The number of hydrogen-bond acceptors (Lipinski definition) is 6. The summed E-state index contributed by atoms with van der Waals surface area (Å²) in [5, 5.41) is 8.87. The highest BCUT2D eigenvalue weighted by molar-refractivity contribution is 5.92. The fraction of sp³-hybridized carbons (Fsp3) is 0.529. The largest absolute Gasteiger partial charge is 0.394 e. The highest BCUT2D eigenvalue weighted by Crippen LogP contribution is 2.36. The van der Waals surface area contributed by atoms with Gasteiger partial charge in [-0.05, 0) is 38.5 Å². The average molecular weight is 345 g/mol. The van der Waals surface area contributed by atoms with Gasteiger partial charge in [-0.3, -0.25) is 9.36 Å². The van der Waals surface area contributed by atoms with Crippen molar-refractivity contribution >= 4 is 5.91 Å². The van der Waals surface area contributed by atoms with Gasteiger partial charge in [0.1, 0.15) is 12.0 Å². The third kappa shape index (κ3) is 3.85. The van der Waals surface area contributed by atoms with E-state index >= 15 is 0 Å². The fourth-order valence-corrected chi connectivity index (χ4v) is 3.47. The molecule has 1 saturated carbocycles. The lowest BCUT2D eigenvalue weighted by Gasteiger charge is -2.30. The molecule has 1 aliphatic rings. The highest BCUT2D eigenvalue weighted by atomic mass is 16.5. The molecule has 0 aliphatic heterocycles. The molecule has 0 radical (unpaired) electrons. The van der Waals surface area contributed by atoms with Gasteiger partial charge in [0, 0.05) is 23.7 Å². The SMILES string of the molecule is Cc1nc(-n2ccnc2)nc(C(N)=O)c1C1CCC(OCCO)CC1. The molecule has 0 spiro atoms. The molecule has 25 heavy (non-hydrogen) atoms. The van der Waals surface area contributed by atoms with Crippen LogP contribution in [-0.4, -0.2) is 49.9 Å². The molecule has 8 nitrogen and oxygen atoms in total. The molecule has 8 heteroatoms. The van der Waals surface area contributed by atoms with Gasteiger partial charge in [0.25, 0.3) is 5.91 Å². The molecule has 0 bridgehead atoms. The van der Waals surface area contributed by atoms with Crippen LogP contribution in [0.1, 0.15) is 53.3 Å². The molecule has 1 fully saturated rings. The first-order chi connectivity index (χ1) is 12.1. The maximum atomic E-state index is 12.0. The summed E-state index contributed by atoms with van der Waals surface area (Å²) in [6.45, 7) is 2.29. The van der Waals surface area contributed by atoms with Crippen molar-refractivity contribution in [2.24, 2.45) is 5.73 Å². The predicted octanol–water partition coefficient (Wildman–Crippen LogP) is 1.10. The van der Waals surface area contributed by atoms with Gasteiger partial charge in [-0.15, -0.1) is 0 Å². The molecule has 1 amide bonds. The first kappa shape index (κ1) is 17.5. The van der Waals surface area contributed by atoms with Crippen molar-refractivity contribution in [1.29, 1.82) is 0 Å². The van der Waals surface area contributed by atoms with Gasteiger partial charge >= 0.3 is 0 Å². The second-order valence-corrected chi connectivity index (χ2v) is 6.27. The standard InChI is InChI=1S/C17H23N5O3/c1-11-14(12-2-4-13(5-3-12)25-9-8-23)15(16(18)24)21-17(20-11)22-7-6-19-10-22/h6-7,10,12-13,23H,2-5,8-9H2,1H3,(H2,18,24). The lowest BCUT2D eigenvalue weighted by atomic mass is 9.81. The van der Waals surface area contributed by atoms with Crippen LogP contribution in [-0.2, 0) is 4.74 Å². The minimum Gasteiger partial charge on any atom is -0.394 e. The van der Waals surface area contributed by atoms with E-state index in [1.807, 2.05) is 6.92 Å². The van der Waals surface area contributed by atoms with Gasteiger partial charge in [-0.2, -0.15) is 0 Å². The van der Waals surface area contributed by atoms with Crippen molar-refractivity contribution in [3.05, 3.63) is 35.7 Å². The molecule has 3 rings (SSSR count). The second kappa shape index (κ2) is 7.71. The van der Waals surface area contributed by atoms with E-state index in [2.05, 4.69) is 15.0 Å². The molecule has 134 valence electrons. The lowest BCUT2D eigenvalue weighted by Crippen LogP contribution is -2.26. The molecule has 0 atom stereocenters. The minimum atomic E-state index is -0.541. The number of nitrogens with zero attached hydrogens (tertiary/aromatic N) is 4. The number of carbonyl (C=O) groups is 1. The van der Waals surface area contributed by atoms with Crippen molar-refractivity contribution in [2.75, 3.05) is 13.2 Å². The van der Waals surface area contributed by atoms with Crippen LogP contribution in [0.4, 0.5) is 0 Å². The first-order valence-corrected chi connectivity index (χ1v) is 8.49. The van der Waals surface area contributed by atoms with Gasteiger partial charge < -0.3 is 15.6 Å². The number of imidazole rings is 1. The summed E-state index contributed by atoms with van der Waals surface area (Å²) in [5.74, 6) is 0.0429. The van der Waals surface area contributed by atoms with E-state index in [9.17, 15) is 4.79 Å². The van der Waals surface area contributed by atoms with E-state index in [0.29, 0.717) is 12.6 Å². The number of amides is 1. The van der Waals surface area contributed by atoms with Gasteiger partial charge in [-0.25, -0.2) is 15.0 Å². The van der Waals surface area contributed by atoms with Crippen molar-refractivity contribution in [1.82, 2.24) is 19.5 Å². The number of aliphatic hydroxyl groups excluding tert-OH is 1. The van der Waals surface area contributed by atoms with Crippen LogP contribution in [0.5, 0.6) is 0 Å². The van der Waals surface area contributed by atoms with Gasteiger partial charge in [0.2, 0.25) is 5.95 Å². The van der Waals surface area contributed by atoms with E-state index in [-0.39, 0.29) is 24.3 Å². The summed E-state index contributed by atoms with van der Waals surface area (Å²) in [6, 6.07) is 0. The van der Waals surface area contributed by atoms with E-state index in [0.717, 1.165) is 36.9 Å². The Bertz CT molecular complexity index is 724. The minimum absolute atomic E-state index is 0.0361. The Morgan fingerprint density at radius 3 is 2.72 bits per heavy atom. The fourth-order valence-electron chi connectivity index (χ4n) is 3.47. The van der Waals surface area contributed by atoms with E-state index in [1.165, 1.54) is 0 Å². The number of primary amides is 1. The average Bonchev–Trinajstić information content (AvgIpc) is 3.14. The van der Waals surface area contributed by atoms with Crippen molar-refractivity contribution in [2.45, 2.75) is 44.6 Å². The smallest absolute Gasteiger partial charge is 0.267 e. The Morgan fingerprint density at radius 1 is 1.36 bits per heavy atom. The Hall–Kier alpha value is -2.32. The van der Waals surface area contributed by atoms with Crippen molar-refractivity contribution in [3.8, 4) is 5.95 Å². The van der Waals surface area contributed by atoms with Crippen LogP contribution in [0, 0.1) is 6.92 Å². The predicted molar refractivity (Wildman–Crippen MR) is 90.4 cm³/mol. The van der Waals surface area contributed by atoms with E-state index in [4.69, 9.17) is 15.6 Å². The number of ether oxygens (including phenoxy) is 1. The number of rotatable bonds is 6. The first-order valence-electron chi connectivity index (χ1n) is 8.49. The molecule has 2 aromatic heterocycles. The Kier molecular flexibility index (Phi) is 5.40. The molecular formula is C17H23N5O3. The summed E-state index contributed by atoms with van der Waals surface area (Å²) in [6.07, 6.45) is 8.62. The van der Waals surface area contributed by atoms with Crippen LogP contribution >= 0.6 is 0 Å². The molecular weight excluding hydrogens is 322 g/mol. The summed E-state index contributed by atoms with van der Waals surface area (Å²) in [4.78, 5) is 24.9. The topological polar surface area (TPSA) is 116 Å². The van der Waals surface area contributed by atoms with Gasteiger partial charge in [-0.1, -0.05) is 0 Å². The summed E-state index contributed by atoms with van der Waals surface area (Å²) in [5.41, 5.74) is 7.50. The number of aryl methyl sites for hydroxylation is 1. The number of aromatic nitrogens is 4. The van der Waals surface area contributed by atoms with Crippen LogP contribution < -0.4 is 5.73 Å². The molecule has 2 aromatic rings. The monoisotopic (exact) mass is 345 g/mol. The third-order valence-electron chi connectivity index (χ3n) is 4.62. The number of carbonyl (C=O) groups excluding carboxylic acids is 1. The number of aliphatic hydroxyl groups is 1. The molecule has 1 aliphatic carbocycles. The maximum absolute atomic E-state index is 12.0. The lowest BCUT2D eigenvalue weighted by molar-refractivity contribution is 0.00571. The van der Waals surface area contributed by atoms with Crippen LogP contribution in [0.15, 0.2) is 18.7 Å². The van der Waals surface area contributed by atoms with Crippen LogP contribution in [0.2, 0.25) is 0 Å².